The van der Waals surface area contributed by atoms with Gasteiger partial charge in [-0.25, -0.2) is 8.78 Å². The van der Waals surface area contributed by atoms with E-state index in [-0.39, 0.29) is 17.7 Å². The monoisotopic (exact) mass is 505 g/mol. The van der Waals surface area contributed by atoms with Crippen LogP contribution in [-0.2, 0) is 0 Å². The number of rotatable bonds is 5. The van der Waals surface area contributed by atoms with Gasteiger partial charge < -0.3 is 16.0 Å². The lowest BCUT2D eigenvalue weighted by Crippen LogP contribution is -2.29. The third kappa shape index (κ3) is 4.05. The van der Waals surface area contributed by atoms with Gasteiger partial charge >= 0.3 is 0 Å². The first-order valence-electron chi connectivity index (χ1n) is 12.2. The number of benzene rings is 2. The predicted molar refractivity (Wildman–Crippen MR) is 135 cm³/mol. The number of fused-ring (bicyclic) bond motifs is 1. The molecule has 0 radical (unpaired) electrons. The zero-order valence-corrected chi connectivity index (χ0v) is 20.1. The molecule has 2 atom stereocenters. The van der Waals surface area contributed by atoms with Gasteiger partial charge in [-0.05, 0) is 49.1 Å². The molecule has 9 nitrogen and oxygen atoms in total. The maximum atomic E-state index is 14.3. The number of nitrogens with zero attached hydrogens (tertiary/aromatic N) is 5. The third-order valence-corrected chi connectivity index (χ3v) is 7.06. The second kappa shape index (κ2) is 8.77. The van der Waals surface area contributed by atoms with Crippen LogP contribution in [0.5, 0.6) is 0 Å². The minimum Gasteiger partial charge on any atom is -0.367 e. The summed E-state index contributed by atoms with van der Waals surface area (Å²) in [5.74, 6) is -2.30. The lowest BCUT2D eigenvalue weighted by molar-refractivity contribution is 0.102. The molecule has 0 unspecified atom stereocenters. The van der Waals surface area contributed by atoms with Gasteiger partial charge in [-0.2, -0.15) is 14.9 Å². The molecule has 2 fully saturated rings. The second-order valence-corrected chi connectivity index (χ2v) is 9.75. The van der Waals surface area contributed by atoms with E-state index in [0.717, 1.165) is 47.6 Å². The molecule has 3 N–H and O–H groups in total. The van der Waals surface area contributed by atoms with Gasteiger partial charge in [0, 0.05) is 30.6 Å². The molecule has 1 aliphatic heterocycles. The van der Waals surface area contributed by atoms with Gasteiger partial charge in [-0.1, -0.05) is 13.0 Å². The van der Waals surface area contributed by atoms with Crippen molar-refractivity contribution in [2.75, 3.05) is 23.3 Å². The Morgan fingerprint density at radius 3 is 2.49 bits per heavy atom. The molecule has 0 spiro atoms. The topological polar surface area (TPSA) is 111 Å². The molecule has 4 aromatic rings. The van der Waals surface area contributed by atoms with Crippen molar-refractivity contribution in [3.8, 4) is 5.69 Å². The minimum absolute atomic E-state index is 0.0156. The Balaban J connectivity index is 1.40. The molecule has 3 heterocycles. The molecular formula is C26H25F2N7O2. The maximum absolute atomic E-state index is 14.3. The van der Waals surface area contributed by atoms with E-state index in [1.165, 1.54) is 12.1 Å². The highest BCUT2D eigenvalue weighted by atomic mass is 19.1. The van der Waals surface area contributed by atoms with Crippen molar-refractivity contribution >= 4 is 28.2 Å². The molecular weight excluding hydrogens is 480 g/mol. The largest absolute Gasteiger partial charge is 0.367 e. The molecule has 1 aliphatic carbocycles. The molecule has 2 aromatic heterocycles. The minimum atomic E-state index is -0.966. The van der Waals surface area contributed by atoms with Crippen LogP contribution in [-0.4, -0.2) is 44.6 Å². The highest BCUT2D eigenvalue weighted by Gasteiger charge is 2.32. The Kier molecular flexibility index (Phi) is 5.52. The average molecular weight is 506 g/mol. The Labute approximate surface area is 210 Å². The van der Waals surface area contributed by atoms with Crippen LogP contribution in [0.2, 0.25) is 0 Å². The molecule has 11 heteroatoms. The Morgan fingerprint density at radius 1 is 1.05 bits per heavy atom. The first-order chi connectivity index (χ1) is 17.8. The van der Waals surface area contributed by atoms with Crippen molar-refractivity contribution in [2.45, 2.75) is 31.8 Å². The van der Waals surface area contributed by atoms with Crippen molar-refractivity contribution in [1.82, 2.24) is 19.6 Å². The number of carbonyl (C=O) groups is 1. The van der Waals surface area contributed by atoms with Crippen LogP contribution in [0.15, 0.2) is 53.5 Å². The summed E-state index contributed by atoms with van der Waals surface area (Å²) in [4.78, 5) is 27.8. The summed E-state index contributed by atoms with van der Waals surface area (Å²) in [6.07, 6.45) is 3.98. The summed E-state index contributed by atoms with van der Waals surface area (Å²) in [6, 6.07) is 9.61. The van der Waals surface area contributed by atoms with E-state index in [1.807, 2.05) is 23.0 Å². The molecule has 1 saturated carbocycles. The number of nitrogens with one attached hydrogen (secondary N) is 1. The number of para-hydroxylation sites is 1. The van der Waals surface area contributed by atoms with Gasteiger partial charge in [0.15, 0.2) is 11.6 Å². The van der Waals surface area contributed by atoms with Crippen molar-refractivity contribution in [3.05, 3.63) is 76.3 Å². The molecule has 6 rings (SSSR count). The number of anilines is 2. The van der Waals surface area contributed by atoms with Gasteiger partial charge in [-0.3, -0.25) is 14.3 Å². The fourth-order valence-corrected chi connectivity index (χ4v) is 4.90. The number of carbonyl (C=O) groups excluding carboxylic acids is 1. The van der Waals surface area contributed by atoms with Gasteiger partial charge in [0.1, 0.15) is 11.4 Å². The average Bonchev–Trinajstić information content (AvgIpc) is 3.53. The van der Waals surface area contributed by atoms with Gasteiger partial charge in [-0.15, -0.1) is 0 Å². The predicted octanol–water partition coefficient (Wildman–Crippen LogP) is 3.23. The summed E-state index contributed by atoms with van der Waals surface area (Å²) in [7, 11) is 0. The van der Waals surface area contributed by atoms with E-state index in [2.05, 4.69) is 27.3 Å². The smallest absolute Gasteiger partial charge is 0.276 e. The van der Waals surface area contributed by atoms with Gasteiger partial charge in [0.25, 0.3) is 11.5 Å². The summed E-state index contributed by atoms with van der Waals surface area (Å²) >= 11 is 0. The Bertz CT molecular complexity index is 1560. The normalized spacial score (nSPS) is 19.5. The number of amides is 1. The molecule has 1 saturated heterocycles. The van der Waals surface area contributed by atoms with E-state index in [1.54, 1.807) is 0 Å². The number of aromatic nitrogens is 4. The van der Waals surface area contributed by atoms with E-state index in [0.29, 0.717) is 29.5 Å². The van der Waals surface area contributed by atoms with Crippen molar-refractivity contribution in [1.29, 1.82) is 0 Å². The fraction of sp³-hybridized carbons (Fsp3) is 0.308. The number of hydrogen-bond donors (Lipinski definition) is 2. The summed E-state index contributed by atoms with van der Waals surface area (Å²) in [6.45, 7) is 3.42. The maximum Gasteiger partial charge on any atom is 0.276 e. The van der Waals surface area contributed by atoms with Crippen molar-refractivity contribution in [2.24, 2.45) is 11.7 Å². The number of halogens is 2. The van der Waals surface area contributed by atoms with Crippen LogP contribution >= 0.6 is 0 Å². The van der Waals surface area contributed by atoms with E-state index in [9.17, 15) is 18.4 Å². The van der Waals surface area contributed by atoms with Crippen LogP contribution in [0.25, 0.3) is 16.6 Å². The van der Waals surface area contributed by atoms with Crippen LogP contribution < -0.4 is 21.5 Å². The number of hydrogen-bond acceptors (Lipinski definition) is 6. The third-order valence-electron chi connectivity index (χ3n) is 7.06. The summed E-state index contributed by atoms with van der Waals surface area (Å²) < 4.78 is 31.2. The molecule has 0 bridgehead atoms. The molecule has 2 aromatic carbocycles. The molecule has 2 aliphatic rings. The Hall–Kier alpha value is -4.12. The quantitative estimate of drug-likeness (QED) is 0.431. The highest BCUT2D eigenvalue weighted by molar-refractivity contribution is 6.09. The lowest BCUT2D eigenvalue weighted by Gasteiger charge is -2.23. The zero-order valence-electron chi connectivity index (χ0n) is 20.1. The van der Waals surface area contributed by atoms with Crippen LogP contribution in [0.4, 0.5) is 20.2 Å². The molecule has 190 valence electrons. The summed E-state index contributed by atoms with van der Waals surface area (Å²) in [5, 5.41) is 12.4. The van der Waals surface area contributed by atoms with Crippen LogP contribution in [0, 0.1) is 17.6 Å². The standard InChI is InChI=1S/C26H25F2N7O2/c1-14-12-33(13-19(14)29)24-16-11-30-34(15-5-6-15)22(16)9-7-20(24)31-26(37)21-8-10-23(36)35(32-21)25-17(27)3-2-4-18(25)28/h2-4,7-11,14-15,19H,5-6,12-13,29H2,1H3,(H,31,37)/t14-,19+/m1/s1. The highest BCUT2D eigenvalue weighted by Crippen LogP contribution is 2.42. The van der Waals surface area contributed by atoms with E-state index >= 15 is 0 Å². The summed E-state index contributed by atoms with van der Waals surface area (Å²) in [5.41, 5.74) is 7.05. The molecule has 37 heavy (non-hydrogen) atoms. The van der Waals surface area contributed by atoms with Crippen LogP contribution in [0.1, 0.15) is 36.3 Å². The lowest BCUT2D eigenvalue weighted by atomic mass is 10.1. The Morgan fingerprint density at radius 2 is 1.81 bits per heavy atom. The van der Waals surface area contributed by atoms with Gasteiger partial charge in [0.2, 0.25) is 0 Å². The molecule has 1 amide bonds. The van der Waals surface area contributed by atoms with Crippen LogP contribution in [0.3, 0.4) is 0 Å². The van der Waals surface area contributed by atoms with Gasteiger partial charge in [0.05, 0.1) is 29.1 Å². The van der Waals surface area contributed by atoms with E-state index in [4.69, 9.17) is 5.73 Å². The van der Waals surface area contributed by atoms with Crippen molar-refractivity contribution in [3.63, 3.8) is 0 Å². The first kappa shape index (κ1) is 23.3. The number of nitrogens with two attached hydrogens (primary N) is 1. The van der Waals surface area contributed by atoms with E-state index < -0.39 is 28.8 Å². The fourth-order valence-electron chi connectivity index (χ4n) is 4.90. The SMILES string of the molecule is C[C@@H]1CN(c2c(NC(=O)c3ccc(=O)n(-c4c(F)cccc4F)n3)ccc3c2cnn3C2CC2)C[C@@H]1N. The van der Waals surface area contributed by atoms with Crippen molar-refractivity contribution < 1.29 is 13.6 Å². The zero-order chi connectivity index (χ0) is 25.8. The first-order valence-corrected chi connectivity index (χ1v) is 12.2. The second-order valence-electron chi connectivity index (χ2n) is 9.75.